The number of aryl methyl sites for hydroxylation is 1. The minimum Gasteiger partial charge on any atom is -0.383 e. The topological polar surface area (TPSA) is 80.5 Å². The van der Waals surface area contributed by atoms with Crippen molar-refractivity contribution in [3.05, 3.63) is 23.5 Å². The minimum absolute atomic E-state index is 0.0683. The van der Waals surface area contributed by atoms with Gasteiger partial charge in [0.05, 0.1) is 17.9 Å². The van der Waals surface area contributed by atoms with Crippen LogP contribution in [0.15, 0.2) is 12.3 Å². The van der Waals surface area contributed by atoms with Gasteiger partial charge in [-0.15, -0.1) is 0 Å². The number of aromatic nitrogens is 1. The number of nitrogen functional groups attached to an aromatic ring is 1. The number of hydrazine groups is 1. The normalized spacial score (nSPS) is 10.8. The Kier molecular flexibility index (Phi) is 7.11. The molecule has 1 rings (SSSR count). The fourth-order valence-corrected chi connectivity index (χ4v) is 2.37. The van der Waals surface area contributed by atoms with Crippen LogP contribution < -0.4 is 11.3 Å². The number of methoxy groups -OCH3 is 1. The first-order valence-electron chi connectivity index (χ1n) is 7.32. The Labute approximate surface area is 126 Å². The van der Waals surface area contributed by atoms with Crippen molar-refractivity contribution in [2.24, 2.45) is 5.84 Å². The number of pyridine rings is 1. The Morgan fingerprint density at radius 2 is 2.14 bits per heavy atom. The van der Waals surface area contributed by atoms with Crippen molar-refractivity contribution < 1.29 is 9.53 Å². The third-order valence-electron chi connectivity index (χ3n) is 3.61. The van der Waals surface area contributed by atoms with Gasteiger partial charge in [-0.3, -0.25) is 15.6 Å². The van der Waals surface area contributed by atoms with Gasteiger partial charge in [0.15, 0.2) is 0 Å². The Morgan fingerprint density at radius 3 is 2.67 bits per heavy atom. The molecule has 0 atom stereocenters. The van der Waals surface area contributed by atoms with Crippen LogP contribution in [0, 0.1) is 6.92 Å². The second-order valence-electron chi connectivity index (χ2n) is 4.98. The molecule has 0 aliphatic rings. The van der Waals surface area contributed by atoms with Crippen molar-refractivity contribution in [2.45, 2.75) is 39.7 Å². The summed E-state index contributed by atoms with van der Waals surface area (Å²) in [6.07, 6.45) is 3.38. The molecular formula is C15H26N4O2. The van der Waals surface area contributed by atoms with Gasteiger partial charge in [0.25, 0.3) is 5.91 Å². The Hall–Kier alpha value is -1.66. The molecule has 1 aromatic heterocycles. The van der Waals surface area contributed by atoms with E-state index >= 15 is 0 Å². The first kappa shape index (κ1) is 17.4. The molecule has 0 aliphatic heterocycles. The lowest BCUT2D eigenvalue weighted by atomic mass is 10.1. The van der Waals surface area contributed by atoms with Gasteiger partial charge in [-0.2, -0.15) is 0 Å². The van der Waals surface area contributed by atoms with Crippen LogP contribution in [-0.4, -0.2) is 42.1 Å². The average Bonchev–Trinajstić information content (AvgIpc) is 2.50. The second kappa shape index (κ2) is 8.59. The smallest absolute Gasteiger partial charge is 0.257 e. The molecule has 0 saturated heterocycles. The van der Waals surface area contributed by atoms with E-state index in [0.717, 1.165) is 18.5 Å². The van der Waals surface area contributed by atoms with Crippen LogP contribution in [0.2, 0.25) is 0 Å². The van der Waals surface area contributed by atoms with Gasteiger partial charge in [0.2, 0.25) is 0 Å². The Balaban J connectivity index is 3.09. The fourth-order valence-electron chi connectivity index (χ4n) is 2.37. The third kappa shape index (κ3) is 4.41. The molecule has 0 radical (unpaired) electrons. The number of carbonyl (C=O) groups is 1. The number of hydrogen-bond acceptors (Lipinski definition) is 5. The predicted octanol–water partition coefficient (Wildman–Crippen LogP) is 1.95. The van der Waals surface area contributed by atoms with Crippen molar-refractivity contribution in [1.82, 2.24) is 9.88 Å². The first-order valence-corrected chi connectivity index (χ1v) is 7.32. The zero-order chi connectivity index (χ0) is 15.8. The molecule has 0 bridgehead atoms. The molecule has 0 saturated carbocycles. The molecule has 3 N–H and O–H groups in total. The highest BCUT2D eigenvalue weighted by molar-refractivity contribution is 5.99. The van der Waals surface area contributed by atoms with E-state index in [4.69, 9.17) is 10.6 Å². The molecule has 21 heavy (non-hydrogen) atoms. The number of nitrogens with one attached hydrogen (secondary N) is 1. The van der Waals surface area contributed by atoms with Crippen LogP contribution >= 0.6 is 0 Å². The molecule has 118 valence electrons. The number of hydrogen-bond donors (Lipinski definition) is 2. The summed E-state index contributed by atoms with van der Waals surface area (Å²) in [5.74, 6) is 5.46. The van der Waals surface area contributed by atoms with Crippen molar-refractivity contribution in [3.8, 4) is 0 Å². The molecular weight excluding hydrogens is 268 g/mol. The molecule has 0 unspecified atom stereocenters. The number of amides is 1. The van der Waals surface area contributed by atoms with E-state index < -0.39 is 0 Å². The van der Waals surface area contributed by atoms with E-state index in [9.17, 15) is 4.79 Å². The summed E-state index contributed by atoms with van der Waals surface area (Å²) in [6, 6.07) is 1.95. The molecule has 0 spiro atoms. The lowest BCUT2D eigenvalue weighted by molar-refractivity contribution is 0.0590. The second-order valence-corrected chi connectivity index (χ2v) is 4.98. The van der Waals surface area contributed by atoms with Crippen LogP contribution in [-0.2, 0) is 4.74 Å². The zero-order valence-corrected chi connectivity index (χ0v) is 13.3. The number of ether oxygens (including phenoxy) is 1. The van der Waals surface area contributed by atoms with E-state index in [1.807, 2.05) is 11.8 Å². The summed E-state index contributed by atoms with van der Waals surface area (Å²) in [7, 11) is 1.63. The molecule has 1 aromatic rings. The van der Waals surface area contributed by atoms with E-state index in [1.54, 1.807) is 19.4 Å². The summed E-state index contributed by atoms with van der Waals surface area (Å²) in [6.45, 7) is 7.08. The number of carbonyl (C=O) groups excluding carboxylic acids is 1. The molecule has 0 aromatic carbocycles. The van der Waals surface area contributed by atoms with Crippen LogP contribution in [0.4, 0.5) is 5.69 Å². The monoisotopic (exact) mass is 294 g/mol. The molecule has 0 aliphatic carbocycles. The van der Waals surface area contributed by atoms with E-state index in [2.05, 4.69) is 24.3 Å². The van der Waals surface area contributed by atoms with Gasteiger partial charge < -0.3 is 15.1 Å². The van der Waals surface area contributed by atoms with Crippen LogP contribution in [0.3, 0.4) is 0 Å². The number of rotatable bonds is 8. The highest BCUT2D eigenvalue weighted by Gasteiger charge is 2.24. The van der Waals surface area contributed by atoms with Crippen molar-refractivity contribution in [1.29, 1.82) is 0 Å². The predicted molar refractivity (Wildman–Crippen MR) is 84.1 cm³/mol. The Bertz CT molecular complexity index is 461. The molecule has 6 nitrogen and oxygen atoms in total. The van der Waals surface area contributed by atoms with E-state index in [-0.39, 0.29) is 11.9 Å². The summed E-state index contributed by atoms with van der Waals surface area (Å²) >= 11 is 0. The largest absolute Gasteiger partial charge is 0.383 e. The zero-order valence-electron chi connectivity index (χ0n) is 13.3. The standard InChI is InChI=1S/C15H26N4O2/c1-5-12(6-2)19(7-8-21-4)15(20)13-10-17-11(3)9-14(13)18-16/h9-10,12H,5-8,16H2,1-4H3,(H,17,18). The molecule has 1 heterocycles. The Morgan fingerprint density at radius 1 is 1.48 bits per heavy atom. The maximum atomic E-state index is 12.8. The lowest BCUT2D eigenvalue weighted by Gasteiger charge is -2.31. The van der Waals surface area contributed by atoms with Gasteiger partial charge in [-0.1, -0.05) is 13.8 Å². The van der Waals surface area contributed by atoms with Crippen LogP contribution in [0.5, 0.6) is 0 Å². The number of anilines is 1. The maximum absolute atomic E-state index is 12.8. The minimum atomic E-state index is -0.0683. The maximum Gasteiger partial charge on any atom is 0.257 e. The summed E-state index contributed by atoms with van der Waals surface area (Å²) in [5, 5.41) is 0. The third-order valence-corrected chi connectivity index (χ3v) is 3.61. The van der Waals surface area contributed by atoms with Gasteiger partial charge in [0, 0.05) is 31.6 Å². The van der Waals surface area contributed by atoms with Crippen LogP contribution in [0.1, 0.15) is 42.7 Å². The van der Waals surface area contributed by atoms with E-state index in [1.165, 1.54) is 0 Å². The average molecular weight is 294 g/mol. The van der Waals surface area contributed by atoms with Crippen molar-refractivity contribution in [2.75, 3.05) is 25.7 Å². The lowest BCUT2D eigenvalue weighted by Crippen LogP contribution is -2.42. The van der Waals surface area contributed by atoms with Gasteiger partial charge >= 0.3 is 0 Å². The van der Waals surface area contributed by atoms with Gasteiger partial charge in [-0.25, -0.2) is 0 Å². The van der Waals surface area contributed by atoms with Crippen LogP contribution in [0.25, 0.3) is 0 Å². The number of nitrogens with two attached hydrogens (primary N) is 1. The van der Waals surface area contributed by atoms with E-state index in [0.29, 0.717) is 24.4 Å². The fraction of sp³-hybridized carbons (Fsp3) is 0.600. The van der Waals surface area contributed by atoms with Crippen molar-refractivity contribution >= 4 is 11.6 Å². The SMILES string of the molecule is CCC(CC)N(CCOC)C(=O)c1cnc(C)cc1NN. The number of nitrogens with zero attached hydrogens (tertiary/aromatic N) is 2. The van der Waals surface area contributed by atoms with Crippen molar-refractivity contribution in [3.63, 3.8) is 0 Å². The highest BCUT2D eigenvalue weighted by atomic mass is 16.5. The van der Waals surface area contributed by atoms with Gasteiger partial charge in [0.1, 0.15) is 0 Å². The molecule has 0 fully saturated rings. The first-order chi connectivity index (χ1) is 10.1. The summed E-state index contributed by atoms with van der Waals surface area (Å²) < 4.78 is 5.12. The highest BCUT2D eigenvalue weighted by Crippen LogP contribution is 2.20. The summed E-state index contributed by atoms with van der Waals surface area (Å²) in [5.41, 5.74) is 4.48. The molecule has 1 amide bonds. The molecule has 6 heteroatoms. The summed E-state index contributed by atoms with van der Waals surface area (Å²) in [4.78, 5) is 18.9. The van der Waals surface area contributed by atoms with Gasteiger partial charge in [-0.05, 0) is 25.8 Å². The quantitative estimate of drug-likeness (QED) is 0.566.